The number of rotatable bonds is 3. The van der Waals surface area contributed by atoms with Crippen molar-refractivity contribution in [1.82, 2.24) is 9.96 Å². The number of carbonyl (C=O) groups is 1. The molecule has 88 valence electrons. The lowest BCUT2D eigenvalue weighted by Gasteiger charge is -2.23. The first kappa shape index (κ1) is 12.4. The third-order valence-electron chi connectivity index (χ3n) is 2.06. The molecular weight excluding hydrogens is 211 g/mol. The lowest BCUT2D eigenvalue weighted by Crippen LogP contribution is -2.37. The molecule has 4 nitrogen and oxygen atoms in total. The Labute approximate surface area is 94.2 Å². The SMILES string of the molecule is CON(Cc1ccc(F)cc1)C(=O)N(C)C. The molecule has 0 fully saturated rings. The van der Waals surface area contributed by atoms with Crippen molar-refractivity contribution in [2.75, 3.05) is 21.2 Å². The van der Waals surface area contributed by atoms with Gasteiger partial charge in [-0.1, -0.05) is 12.1 Å². The Morgan fingerprint density at radius 1 is 1.31 bits per heavy atom. The maximum absolute atomic E-state index is 12.7. The van der Waals surface area contributed by atoms with Gasteiger partial charge in [0, 0.05) is 14.1 Å². The summed E-state index contributed by atoms with van der Waals surface area (Å²) in [7, 11) is 4.70. The lowest BCUT2D eigenvalue weighted by atomic mass is 10.2. The third-order valence-corrected chi connectivity index (χ3v) is 2.06. The molecule has 0 spiro atoms. The maximum Gasteiger partial charge on any atom is 0.343 e. The highest BCUT2D eigenvalue weighted by Gasteiger charge is 2.15. The van der Waals surface area contributed by atoms with Gasteiger partial charge < -0.3 is 4.90 Å². The highest BCUT2D eigenvalue weighted by Crippen LogP contribution is 2.08. The number of urea groups is 1. The molecule has 0 bridgehead atoms. The van der Waals surface area contributed by atoms with E-state index in [9.17, 15) is 9.18 Å². The Bertz CT molecular complexity index is 352. The van der Waals surface area contributed by atoms with Crippen LogP contribution in [0, 0.1) is 5.82 Å². The Morgan fingerprint density at radius 3 is 2.31 bits per heavy atom. The fourth-order valence-electron chi connectivity index (χ4n) is 1.19. The van der Waals surface area contributed by atoms with E-state index in [1.807, 2.05) is 0 Å². The maximum atomic E-state index is 12.7. The smallest absolute Gasteiger partial charge is 0.329 e. The molecule has 1 aromatic carbocycles. The van der Waals surface area contributed by atoms with Gasteiger partial charge in [-0.05, 0) is 17.7 Å². The van der Waals surface area contributed by atoms with Crippen LogP contribution in [0.3, 0.4) is 0 Å². The average Bonchev–Trinajstić information content (AvgIpc) is 2.27. The van der Waals surface area contributed by atoms with Gasteiger partial charge in [-0.2, -0.15) is 5.06 Å². The second-order valence-corrected chi connectivity index (χ2v) is 3.52. The van der Waals surface area contributed by atoms with Gasteiger partial charge in [0.25, 0.3) is 0 Å². The number of hydrogen-bond donors (Lipinski definition) is 0. The molecule has 0 saturated carbocycles. The minimum Gasteiger partial charge on any atom is -0.329 e. The quantitative estimate of drug-likeness (QED) is 0.737. The average molecular weight is 226 g/mol. The summed E-state index contributed by atoms with van der Waals surface area (Å²) in [5.74, 6) is -0.299. The van der Waals surface area contributed by atoms with Crippen molar-refractivity contribution in [1.29, 1.82) is 0 Å². The molecule has 0 atom stereocenters. The van der Waals surface area contributed by atoms with Crippen molar-refractivity contribution < 1.29 is 14.0 Å². The molecule has 2 amide bonds. The monoisotopic (exact) mass is 226 g/mol. The number of halogens is 1. The van der Waals surface area contributed by atoms with Gasteiger partial charge in [-0.3, -0.25) is 4.84 Å². The summed E-state index contributed by atoms with van der Waals surface area (Å²) in [4.78, 5) is 18.0. The molecule has 0 N–H and O–H groups in total. The molecule has 0 saturated heterocycles. The van der Waals surface area contributed by atoms with Crippen molar-refractivity contribution in [2.45, 2.75) is 6.54 Å². The van der Waals surface area contributed by atoms with Gasteiger partial charge in [0.15, 0.2) is 0 Å². The minimum atomic E-state index is -0.299. The highest BCUT2D eigenvalue weighted by molar-refractivity contribution is 5.72. The van der Waals surface area contributed by atoms with E-state index in [1.165, 1.54) is 29.2 Å². The van der Waals surface area contributed by atoms with Crippen molar-refractivity contribution in [3.05, 3.63) is 35.6 Å². The first-order valence-electron chi connectivity index (χ1n) is 4.82. The van der Waals surface area contributed by atoms with Crippen LogP contribution in [-0.4, -0.2) is 37.2 Å². The van der Waals surface area contributed by atoms with Crippen LogP contribution in [0.4, 0.5) is 9.18 Å². The molecular formula is C11H15FN2O2. The summed E-state index contributed by atoms with van der Waals surface area (Å²) in [5, 5.41) is 1.20. The number of carbonyl (C=O) groups excluding carboxylic acids is 1. The summed E-state index contributed by atoms with van der Waals surface area (Å²) >= 11 is 0. The Hall–Kier alpha value is -1.62. The molecule has 0 aromatic heterocycles. The van der Waals surface area contributed by atoms with E-state index < -0.39 is 0 Å². The van der Waals surface area contributed by atoms with Crippen LogP contribution in [0.15, 0.2) is 24.3 Å². The molecule has 0 aliphatic carbocycles. The number of hydroxylamine groups is 2. The van der Waals surface area contributed by atoms with Gasteiger partial charge >= 0.3 is 6.03 Å². The number of hydrogen-bond acceptors (Lipinski definition) is 2. The van der Waals surface area contributed by atoms with Crippen LogP contribution >= 0.6 is 0 Å². The molecule has 0 aliphatic heterocycles. The zero-order chi connectivity index (χ0) is 12.1. The summed E-state index contributed by atoms with van der Waals surface area (Å²) in [6, 6.07) is 5.67. The standard InChI is InChI=1S/C11H15FN2O2/c1-13(2)11(15)14(16-3)8-9-4-6-10(12)7-5-9/h4-7H,8H2,1-3H3. The van der Waals surface area contributed by atoms with Gasteiger partial charge in [-0.15, -0.1) is 0 Å². The number of benzene rings is 1. The predicted octanol–water partition coefficient (Wildman–Crippen LogP) is 1.87. The van der Waals surface area contributed by atoms with Crippen LogP contribution in [0.25, 0.3) is 0 Å². The molecule has 0 unspecified atom stereocenters. The van der Waals surface area contributed by atoms with Gasteiger partial charge in [0.1, 0.15) is 5.82 Å². The van der Waals surface area contributed by atoms with Crippen LogP contribution in [-0.2, 0) is 11.4 Å². The Morgan fingerprint density at radius 2 is 1.88 bits per heavy atom. The summed E-state index contributed by atoms with van der Waals surface area (Å²) in [6.07, 6.45) is 0. The first-order chi connectivity index (χ1) is 7.54. The molecule has 0 heterocycles. The van der Waals surface area contributed by atoms with E-state index in [0.29, 0.717) is 0 Å². The zero-order valence-corrected chi connectivity index (χ0v) is 9.61. The third kappa shape index (κ3) is 3.20. The van der Waals surface area contributed by atoms with Crippen molar-refractivity contribution in [2.24, 2.45) is 0 Å². The second-order valence-electron chi connectivity index (χ2n) is 3.52. The molecule has 1 aromatic rings. The summed E-state index contributed by atoms with van der Waals surface area (Å²) in [6.45, 7) is 0.286. The van der Waals surface area contributed by atoms with E-state index in [0.717, 1.165) is 5.56 Å². The Kier molecular flexibility index (Phi) is 4.25. The molecule has 0 radical (unpaired) electrons. The van der Waals surface area contributed by atoms with E-state index in [2.05, 4.69) is 0 Å². The molecule has 16 heavy (non-hydrogen) atoms. The van der Waals surface area contributed by atoms with E-state index in [4.69, 9.17) is 4.84 Å². The van der Waals surface area contributed by atoms with Crippen LogP contribution in [0.1, 0.15) is 5.56 Å². The molecule has 5 heteroatoms. The largest absolute Gasteiger partial charge is 0.343 e. The molecule has 1 rings (SSSR count). The highest BCUT2D eigenvalue weighted by atomic mass is 19.1. The lowest BCUT2D eigenvalue weighted by molar-refractivity contribution is -0.101. The fourth-order valence-corrected chi connectivity index (χ4v) is 1.19. The fraction of sp³-hybridized carbons (Fsp3) is 0.364. The number of amides is 2. The van der Waals surface area contributed by atoms with Gasteiger partial charge in [-0.25, -0.2) is 9.18 Å². The van der Waals surface area contributed by atoms with Crippen molar-refractivity contribution in [3.63, 3.8) is 0 Å². The second kappa shape index (κ2) is 5.46. The van der Waals surface area contributed by atoms with E-state index >= 15 is 0 Å². The van der Waals surface area contributed by atoms with Crippen LogP contribution in [0.5, 0.6) is 0 Å². The van der Waals surface area contributed by atoms with Gasteiger partial charge in [0.05, 0.1) is 13.7 Å². The van der Waals surface area contributed by atoms with Crippen LogP contribution < -0.4 is 0 Å². The summed E-state index contributed by atoms with van der Waals surface area (Å²) < 4.78 is 12.7. The van der Waals surface area contributed by atoms with Crippen molar-refractivity contribution in [3.8, 4) is 0 Å². The minimum absolute atomic E-state index is 0.258. The normalized spacial score (nSPS) is 10.0. The summed E-state index contributed by atoms with van der Waals surface area (Å²) in [5.41, 5.74) is 0.804. The predicted molar refractivity (Wildman–Crippen MR) is 58.0 cm³/mol. The number of nitrogens with zero attached hydrogens (tertiary/aromatic N) is 2. The van der Waals surface area contributed by atoms with Crippen LogP contribution in [0.2, 0.25) is 0 Å². The Balaban J connectivity index is 2.70. The van der Waals surface area contributed by atoms with Crippen molar-refractivity contribution >= 4 is 6.03 Å². The topological polar surface area (TPSA) is 32.8 Å². The molecule has 0 aliphatic rings. The van der Waals surface area contributed by atoms with E-state index in [1.54, 1.807) is 26.2 Å². The van der Waals surface area contributed by atoms with E-state index in [-0.39, 0.29) is 18.4 Å². The van der Waals surface area contributed by atoms with Gasteiger partial charge in [0.2, 0.25) is 0 Å². The zero-order valence-electron chi connectivity index (χ0n) is 9.61. The first-order valence-corrected chi connectivity index (χ1v) is 4.82.